The van der Waals surface area contributed by atoms with Gasteiger partial charge < -0.3 is 14.0 Å². The summed E-state index contributed by atoms with van der Waals surface area (Å²) in [5.74, 6) is 0.615. The highest BCUT2D eigenvalue weighted by Crippen LogP contribution is 2.48. The lowest BCUT2D eigenvalue weighted by Crippen LogP contribution is -2.46. The van der Waals surface area contributed by atoms with Gasteiger partial charge in [-0.05, 0) is 62.1 Å². The number of likely N-dealkylation sites (N-methyl/N-ethyl adjacent to an activating group) is 2. The lowest BCUT2D eigenvalue weighted by atomic mass is 9.81. The van der Waals surface area contributed by atoms with E-state index in [9.17, 15) is 13.2 Å². The summed E-state index contributed by atoms with van der Waals surface area (Å²) in [6.07, 6.45) is 6.65. The number of benzene rings is 2. The fourth-order valence-electron chi connectivity index (χ4n) is 7.28. The monoisotopic (exact) mass is 578 g/mol. The largest absolute Gasteiger partial charge is 0.490 e. The van der Waals surface area contributed by atoms with E-state index in [-0.39, 0.29) is 12.6 Å². The maximum Gasteiger partial charge on any atom is 0.303 e. The number of para-hydroxylation sites is 1. The molecule has 10 heteroatoms. The highest BCUT2D eigenvalue weighted by atomic mass is 32.2. The zero-order valence-electron chi connectivity index (χ0n) is 23.8. The molecule has 1 spiro atoms. The first kappa shape index (κ1) is 26.9. The van der Waals surface area contributed by atoms with E-state index in [4.69, 9.17) is 9.47 Å². The summed E-state index contributed by atoms with van der Waals surface area (Å²) in [6.45, 7) is 2.32. The van der Waals surface area contributed by atoms with Crippen LogP contribution in [0.2, 0.25) is 0 Å². The quantitative estimate of drug-likeness (QED) is 0.467. The number of hydrogen-bond acceptors (Lipinski definition) is 6. The Bertz CT molecular complexity index is 1610. The van der Waals surface area contributed by atoms with E-state index in [2.05, 4.69) is 26.3 Å². The first-order valence-corrected chi connectivity index (χ1v) is 16.2. The van der Waals surface area contributed by atoms with Crippen LogP contribution in [-0.2, 0) is 21.5 Å². The third-order valence-electron chi connectivity index (χ3n) is 9.67. The minimum Gasteiger partial charge on any atom is -0.490 e. The van der Waals surface area contributed by atoms with Gasteiger partial charge in [-0.1, -0.05) is 37.5 Å². The highest BCUT2D eigenvalue weighted by Gasteiger charge is 2.45. The molecule has 2 unspecified atom stereocenters. The molecule has 0 radical (unpaired) electrons. The van der Waals surface area contributed by atoms with Gasteiger partial charge in [0, 0.05) is 48.2 Å². The maximum absolute atomic E-state index is 13.4. The smallest absolute Gasteiger partial charge is 0.303 e. The molecule has 1 aliphatic carbocycles. The summed E-state index contributed by atoms with van der Waals surface area (Å²) in [6, 6.07) is 14.0. The first-order chi connectivity index (χ1) is 19.7. The van der Waals surface area contributed by atoms with Crippen molar-refractivity contribution in [2.24, 2.45) is 0 Å². The van der Waals surface area contributed by atoms with Crippen LogP contribution in [-0.4, -0.2) is 80.1 Å². The van der Waals surface area contributed by atoms with Gasteiger partial charge in [0.05, 0.1) is 18.8 Å². The predicted molar refractivity (Wildman–Crippen MR) is 157 cm³/mol. The van der Waals surface area contributed by atoms with Crippen molar-refractivity contribution >= 4 is 27.0 Å². The standard InChI is InChI=1S/C31H38N4O5S/c1-33-14-15-34(2)41(37,38)32-30(36)22-12-13-24-26(16-22)35-19-31(17-23(33)18-40-31)20-39-27-11-7-6-10-25(27)29(35)28(24)21-8-4-3-5-9-21/h6-7,10-13,16,21,23H,3-5,8-9,14-15,17-20H2,1-2H3,(H,32,36). The summed E-state index contributed by atoms with van der Waals surface area (Å²) in [7, 11) is -0.494. The van der Waals surface area contributed by atoms with Crippen molar-refractivity contribution in [3.63, 3.8) is 0 Å². The summed E-state index contributed by atoms with van der Waals surface area (Å²) < 4.78 is 45.2. The van der Waals surface area contributed by atoms with Crippen molar-refractivity contribution in [2.45, 2.75) is 62.6 Å². The molecular weight excluding hydrogens is 540 g/mol. The topological polar surface area (TPSA) is 93.1 Å². The van der Waals surface area contributed by atoms with Crippen LogP contribution in [0.1, 0.15) is 60.4 Å². The van der Waals surface area contributed by atoms with E-state index in [0.29, 0.717) is 37.8 Å². The zero-order chi connectivity index (χ0) is 28.4. The van der Waals surface area contributed by atoms with E-state index in [1.165, 1.54) is 36.2 Å². The fourth-order valence-corrected chi connectivity index (χ4v) is 8.11. The van der Waals surface area contributed by atoms with E-state index in [1.54, 1.807) is 6.07 Å². The molecule has 2 fully saturated rings. The molecule has 1 aromatic heterocycles. The van der Waals surface area contributed by atoms with Crippen LogP contribution in [0.15, 0.2) is 42.5 Å². The van der Waals surface area contributed by atoms with Gasteiger partial charge >= 0.3 is 10.2 Å². The second-order valence-electron chi connectivity index (χ2n) is 12.3. The zero-order valence-corrected chi connectivity index (χ0v) is 24.6. The van der Waals surface area contributed by atoms with Gasteiger partial charge in [0.25, 0.3) is 5.91 Å². The Hall–Kier alpha value is -2.92. The number of fused-ring (bicyclic) bond motifs is 4. The van der Waals surface area contributed by atoms with Crippen LogP contribution in [0.25, 0.3) is 22.2 Å². The minimum atomic E-state index is -4.00. The van der Waals surface area contributed by atoms with Crippen molar-refractivity contribution in [1.82, 2.24) is 18.5 Å². The SMILES string of the molecule is CN1CCN(C)S(=O)(=O)NC(=O)c2ccc3c(C4CCCCC4)c4n(c3c2)CC2(COc3ccccc3-4)CC1CO2. The van der Waals surface area contributed by atoms with E-state index in [1.807, 2.05) is 31.3 Å². The van der Waals surface area contributed by atoms with Crippen LogP contribution in [0.3, 0.4) is 0 Å². The van der Waals surface area contributed by atoms with Crippen LogP contribution < -0.4 is 9.46 Å². The summed E-state index contributed by atoms with van der Waals surface area (Å²) in [5, 5.41) is 1.12. The fraction of sp³-hybridized carbons (Fsp3) is 0.516. The molecule has 1 N–H and O–H groups in total. The van der Waals surface area contributed by atoms with E-state index >= 15 is 0 Å². The molecule has 4 heterocycles. The maximum atomic E-state index is 13.4. The average molecular weight is 579 g/mol. The Morgan fingerprint density at radius 3 is 2.66 bits per heavy atom. The predicted octanol–water partition coefficient (Wildman–Crippen LogP) is 4.13. The number of rotatable bonds is 1. The number of hydrogen-bond donors (Lipinski definition) is 1. The highest BCUT2D eigenvalue weighted by molar-refractivity contribution is 7.87. The summed E-state index contributed by atoms with van der Waals surface area (Å²) in [4.78, 5) is 15.5. The molecule has 41 heavy (non-hydrogen) atoms. The van der Waals surface area contributed by atoms with E-state index < -0.39 is 21.7 Å². The molecule has 9 nitrogen and oxygen atoms in total. The molecule has 2 atom stereocenters. The van der Waals surface area contributed by atoms with Crippen molar-refractivity contribution in [2.75, 3.05) is 40.4 Å². The van der Waals surface area contributed by atoms with Crippen molar-refractivity contribution in [1.29, 1.82) is 0 Å². The second-order valence-corrected chi connectivity index (χ2v) is 14.1. The normalized spacial score (nSPS) is 27.5. The molecule has 3 aliphatic heterocycles. The number of aromatic nitrogens is 1. The van der Waals surface area contributed by atoms with Crippen molar-refractivity contribution in [3.05, 3.63) is 53.6 Å². The van der Waals surface area contributed by atoms with Crippen LogP contribution in [0.4, 0.5) is 0 Å². The van der Waals surface area contributed by atoms with Crippen molar-refractivity contribution in [3.8, 4) is 17.0 Å². The van der Waals surface area contributed by atoms with Crippen LogP contribution >= 0.6 is 0 Å². The van der Waals surface area contributed by atoms with Gasteiger partial charge in [0.2, 0.25) is 0 Å². The van der Waals surface area contributed by atoms with Gasteiger partial charge in [0.1, 0.15) is 18.0 Å². The number of carbonyl (C=O) groups excluding carboxylic acids is 1. The molecule has 218 valence electrons. The lowest BCUT2D eigenvalue weighted by molar-refractivity contribution is -0.0431. The molecule has 5 bridgehead atoms. The molecule has 4 aliphatic rings. The third-order valence-corrected chi connectivity index (χ3v) is 11.1. The Labute approximate surface area is 241 Å². The van der Waals surface area contributed by atoms with Crippen LogP contribution in [0, 0.1) is 0 Å². The number of ether oxygens (including phenoxy) is 2. The molecule has 2 aromatic carbocycles. The number of carbonyl (C=O) groups is 1. The average Bonchev–Trinajstić information content (AvgIpc) is 3.53. The first-order valence-electron chi connectivity index (χ1n) is 14.8. The molecular formula is C31H38N4O5S. The molecule has 1 saturated heterocycles. The van der Waals surface area contributed by atoms with Gasteiger partial charge in [-0.3, -0.25) is 9.69 Å². The molecule has 3 aromatic rings. The Balaban J connectivity index is 1.49. The summed E-state index contributed by atoms with van der Waals surface area (Å²) in [5.41, 5.74) is 4.19. The Kier molecular flexibility index (Phi) is 6.65. The third kappa shape index (κ3) is 4.65. The molecule has 7 rings (SSSR count). The number of nitrogens with zero attached hydrogens (tertiary/aromatic N) is 3. The summed E-state index contributed by atoms with van der Waals surface area (Å²) >= 11 is 0. The Morgan fingerprint density at radius 1 is 1.02 bits per heavy atom. The minimum absolute atomic E-state index is 0.114. The van der Waals surface area contributed by atoms with Crippen molar-refractivity contribution < 1.29 is 22.7 Å². The van der Waals surface area contributed by atoms with Gasteiger partial charge in [-0.2, -0.15) is 12.7 Å². The second kappa shape index (κ2) is 10.1. The Morgan fingerprint density at radius 2 is 1.83 bits per heavy atom. The lowest BCUT2D eigenvalue weighted by Gasteiger charge is -2.34. The van der Waals surface area contributed by atoms with Gasteiger partial charge in [-0.25, -0.2) is 4.72 Å². The number of amides is 1. The van der Waals surface area contributed by atoms with E-state index in [0.717, 1.165) is 47.2 Å². The van der Waals surface area contributed by atoms with Gasteiger partial charge in [0.15, 0.2) is 0 Å². The number of nitrogens with one attached hydrogen (secondary N) is 1. The van der Waals surface area contributed by atoms with Gasteiger partial charge in [-0.15, -0.1) is 0 Å². The molecule has 1 amide bonds. The molecule has 1 saturated carbocycles. The van der Waals surface area contributed by atoms with Crippen LogP contribution in [0.5, 0.6) is 5.75 Å².